The van der Waals surface area contributed by atoms with Gasteiger partial charge in [-0.25, -0.2) is 4.39 Å². The zero-order valence-electron chi connectivity index (χ0n) is 18.5. The van der Waals surface area contributed by atoms with E-state index in [0.717, 1.165) is 25.7 Å². The number of furan rings is 1. The lowest BCUT2D eigenvalue weighted by atomic mass is 10.0. The number of hydrogen-bond acceptors (Lipinski definition) is 4. The molecule has 1 atom stereocenters. The third-order valence-electron chi connectivity index (χ3n) is 5.78. The molecule has 0 radical (unpaired) electrons. The number of ether oxygens (including phenoxy) is 1. The van der Waals surface area contributed by atoms with Crippen LogP contribution >= 0.6 is 0 Å². The maximum atomic E-state index is 15.0. The van der Waals surface area contributed by atoms with Gasteiger partial charge in [0.1, 0.15) is 17.6 Å². The third kappa shape index (κ3) is 5.08. The highest BCUT2D eigenvalue weighted by atomic mass is 19.1. The fourth-order valence-corrected chi connectivity index (χ4v) is 4.22. The minimum absolute atomic E-state index is 0.00710. The molecule has 0 unspecified atom stereocenters. The van der Waals surface area contributed by atoms with Gasteiger partial charge in [-0.2, -0.15) is 0 Å². The first-order valence-electron chi connectivity index (χ1n) is 11.2. The molecule has 4 rings (SSSR count). The van der Waals surface area contributed by atoms with Crippen LogP contribution in [0.15, 0.2) is 71.3 Å². The monoisotopic (exact) mass is 450 g/mol. The van der Waals surface area contributed by atoms with Gasteiger partial charge >= 0.3 is 0 Å². The molecule has 1 aliphatic rings. The molecule has 7 heteroatoms. The van der Waals surface area contributed by atoms with Crippen LogP contribution in [0.2, 0.25) is 0 Å². The van der Waals surface area contributed by atoms with Gasteiger partial charge in [0.25, 0.3) is 5.91 Å². The van der Waals surface area contributed by atoms with Crippen molar-refractivity contribution in [1.29, 1.82) is 0 Å². The van der Waals surface area contributed by atoms with Crippen molar-refractivity contribution in [1.82, 2.24) is 5.32 Å². The number of nitrogens with zero attached hydrogens (tertiary/aromatic N) is 1. The van der Waals surface area contributed by atoms with Gasteiger partial charge in [-0.3, -0.25) is 14.5 Å². The highest BCUT2D eigenvalue weighted by Crippen LogP contribution is 2.33. The van der Waals surface area contributed by atoms with Crippen molar-refractivity contribution in [3.05, 3.63) is 84.1 Å². The van der Waals surface area contributed by atoms with Gasteiger partial charge in [0.15, 0.2) is 5.76 Å². The second kappa shape index (κ2) is 10.3. The zero-order valence-corrected chi connectivity index (χ0v) is 18.5. The molecule has 0 bridgehead atoms. The molecule has 2 aromatic carbocycles. The first kappa shape index (κ1) is 22.6. The van der Waals surface area contributed by atoms with E-state index in [2.05, 4.69) is 5.32 Å². The van der Waals surface area contributed by atoms with Crippen LogP contribution in [0.5, 0.6) is 5.75 Å². The van der Waals surface area contributed by atoms with Gasteiger partial charge in [0.2, 0.25) is 5.91 Å². The van der Waals surface area contributed by atoms with Crippen LogP contribution in [0.3, 0.4) is 0 Å². The van der Waals surface area contributed by atoms with E-state index in [4.69, 9.17) is 9.15 Å². The summed E-state index contributed by atoms with van der Waals surface area (Å²) in [5, 5.41) is 3.03. The van der Waals surface area contributed by atoms with Crippen LogP contribution in [0.25, 0.3) is 0 Å². The topological polar surface area (TPSA) is 71.8 Å². The molecule has 1 N–H and O–H groups in total. The molecule has 2 amide bonds. The molecule has 0 spiro atoms. The Morgan fingerprint density at radius 3 is 2.45 bits per heavy atom. The minimum atomic E-state index is -1.22. The predicted molar refractivity (Wildman–Crippen MR) is 123 cm³/mol. The fourth-order valence-electron chi connectivity index (χ4n) is 4.22. The SMILES string of the molecule is CCOc1ccc(N(C(=O)c2ccco2)[C@H](C(=O)NC2CCCC2)c2ccccc2F)cc1. The van der Waals surface area contributed by atoms with Gasteiger partial charge in [0.05, 0.1) is 12.9 Å². The Morgan fingerprint density at radius 2 is 1.82 bits per heavy atom. The molecule has 6 nitrogen and oxygen atoms in total. The molecular formula is C26H27FN2O4. The lowest BCUT2D eigenvalue weighted by Gasteiger charge is -2.32. The number of hydrogen-bond donors (Lipinski definition) is 1. The number of rotatable bonds is 8. The van der Waals surface area contributed by atoms with E-state index < -0.39 is 23.7 Å². The fraction of sp³-hybridized carbons (Fsp3) is 0.308. The predicted octanol–water partition coefficient (Wildman–Crippen LogP) is 5.26. The lowest BCUT2D eigenvalue weighted by molar-refractivity contribution is -0.123. The standard InChI is InChI=1S/C26H27FN2O4/c1-2-32-20-15-13-19(14-16-20)29(26(31)23-12-7-17-33-23)24(21-10-5-6-11-22(21)27)25(30)28-18-8-3-4-9-18/h5-7,10-18,24H,2-4,8-9H2,1H3,(H,28,30)/t24-/m0/s1. The number of nitrogens with one attached hydrogen (secondary N) is 1. The summed E-state index contributed by atoms with van der Waals surface area (Å²) in [7, 11) is 0. The van der Waals surface area contributed by atoms with Gasteiger partial charge in [-0.05, 0) is 62.2 Å². The van der Waals surface area contributed by atoms with Gasteiger partial charge in [-0.15, -0.1) is 0 Å². The highest BCUT2D eigenvalue weighted by Gasteiger charge is 2.37. The van der Waals surface area contributed by atoms with Crippen molar-refractivity contribution >= 4 is 17.5 Å². The molecule has 1 aliphatic carbocycles. The molecule has 1 saturated carbocycles. The Kier molecular flexibility index (Phi) is 7.07. The van der Waals surface area contributed by atoms with Crippen LogP contribution in [0.4, 0.5) is 10.1 Å². The van der Waals surface area contributed by atoms with Crippen molar-refractivity contribution in [3.8, 4) is 5.75 Å². The lowest BCUT2D eigenvalue weighted by Crippen LogP contribution is -2.46. The number of carbonyl (C=O) groups excluding carboxylic acids is 2. The smallest absolute Gasteiger partial charge is 0.294 e. The van der Waals surface area contributed by atoms with E-state index >= 15 is 0 Å². The molecular weight excluding hydrogens is 423 g/mol. The molecule has 33 heavy (non-hydrogen) atoms. The van der Waals surface area contributed by atoms with Crippen molar-refractivity contribution in [2.75, 3.05) is 11.5 Å². The average molecular weight is 451 g/mol. The summed E-state index contributed by atoms with van der Waals surface area (Å²) in [5.41, 5.74) is 0.538. The minimum Gasteiger partial charge on any atom is -0.494 e. The summed E-state index contributed by atoms with van der Waals surface area (Å²) in [6, 6.07) is 14.7. The van der Waals surface area contributed by atoms with Crippen LogP contribution in [0.1, 0.15) is 54.8 Å². The Hall–Kier alpha value is -3.61. The Balaban J connectivity index is 1.80. The van der Waals surface area contributed by atoms with E-state index in [1.165, 1.54) is 29.4 Å². The number of anilines is 1. The van der Waals surface area contributed by atoms with Crippen molar-refractivity contribution in [3.63, 3.8) is 0 Å². The number of halogens is 1. The highest BCUT2D eigenvalue weighted by molar-refractivity contribution is 6.08. The summed E-state index contributed by atoms with van der Waals surface area (Å²) >= 11 is 0. The normalized spacial score (nSPS) is 14.6. The Morgan fingerprint density at radius 1 is 1.09 bits per heavy atom. The molecule has 172 valence electrons. The number of carbonyl (C=O) groups is 2. The molecule has 1 fully saturated rings. The average Bonchev–Trinajstić information content (AvgIpc) is 3.53. The van der Waals surface area contributed by atoms with E-state index in [1.54, 1.807) is 42.5 Å². The van der Waals surface area contributed by atoms with Crippen LogP contribution in [0, 0.1) is 5.82 Å². The summed E-state index contributed by atoms with van der Waals surface area (Å²) < 4.78 is 25.9. The van der Waals surface area contributed by atoms with Crippen molar-refractivity contribution in [2.24, 2.45) is 0 Å². The molecule has 1 aromatic heterocycles. The summed E-state index contributed by atoms with van der Waals surface area (Å²) in [4.78, 5) is 28.5. The zero-order chi connectivity index (χ0) is 23.2. The second-order valence-corrected chi connectivity index (χ2v) is 7.99. The van der Waals surface area contributed by atoms with E-state index in [-0.39, 0.29) is 17.4 Å². The molecule has 1 heterocycles. The van der Waals surface area contributed by atoms with Crippen molar-refractivity contribution < 1.29 is 23.1 Å². The van der Waals surface area contributed by atoms with E-state index in [0.29, 0.717) is 18.0 Å². The van der Waals surface area contributed by atoms with Gasteiger partial charge in [0, 0.05) is 17.3 Å². The summed E-state index contributed by atoms with van der Waals surface area (Å²) in [6.45, 7) is 2.37. The Bertz CT molecular complexity index is 1080. The van der Waals surface area contributed by atoms with E-state index in [9.17, 15) is 14.0 Å². The van der Waals surface area contributed by atoms with Gasteiger partial charge in [-0.1, -0.05) is 31.0 Å². The summed E-state index contributed by atoms with van der Waals surface area (Å²) in [5.74, 6) is -0.851. The van der Waals surface area contributed by atoms with Gasteiger partial charge < -0.3 is 14.5 Å². The van der Waals surface area contributed by atoms with Crippen molar-refractivity contribution in [2.45, 2.75) is 44.7 Å². The third-order valence-corrected chi connectivity index (χ3v) is 5.78. The Labute approximate surface area is 192 Å². The number of benzene rings is 2. The first-order valence-corrected chi connectivity index (χ1v) is 11.2. The molecule has 0 saturated heterocycles. The maximum absolute atomic E-state index is 15.0. The maximum Gasteiger partial charge on any atom is 0.294 e. The largest absolute Gasteiger partial charge is 0.494 e. The van der Waals surface area contributed by atoms with Crippen LogP contribution < -0.4 is 15.0 Å². The summed E-state index contributed by atoms with van der Waals surface area (Å²) in [6.07, 6.45) is 5.18. The second-order valence-electron chi connectivity index (χ2n) is 7.99. The molecule has 0 aliphatic heterocycles. The number of amides is 2. The van der Waals surface area contributed by atoms with Crippen LogP contribution in [-0.2, 0) is 4.79 Å². The van der Waals surface area contributed by atoms with E-state index in [1.807, 2.05) is 6.92 Å². The quantitative estimate of drug-likeness (QED) is 0.508. The molecule has 3 aromatic rings. The first-order chi connectivity index (χ1) is 16.1. The van der Waals surface area contributed by atoms with Crippen LogP contribution in [-0.4, -0.2) is 24.5 Å².